The summed E-state index contributed by atoms with van der Waals surface area (Å²) in [4.78, 5) is 29.2. The van der Waals surface area contributed by atoms with Crippen molar-refractivity contribution in [3.63, 3.8) is 0 Å². The number of aryl methyl sites for hydroxylation is 2. The summed E-state index contributed by atoms with van der Waals surface area (Å²) >= 11 is 0. The van der Waals surface area contributed by atoms with Gasteiger partial charge in [0.05, 0.1) is 20.8 Å². The van der Waals surface area contributed by atoms with Gasteiger partial charge in [-0.1, -0.05) is 18.2 Å². The fourth-order valence-electron chi connectivity index (χ4n) is 5.24. The molecule has 1 atom stereocenters. The molecule has 10 nitrogen and oxygen atoms in total. The van der Waals surface area contributed by atoms with E-state index in [1.807, 2.05) is 62.4 Å². The first kappa shape index (κ1) is 30.6. The number of ether oxygens (including phenoxy) is 3. The molecule has 0 saturated carbocycles. The number of amides is 1. The molecule has 10 heteroatoms. The Kier molecular flexibility index (Phi) is 9.50. The molecular formula is C34H40N6O4. The van der Waals surface area contributed by atoms with Crippen molar-refractivity contribution in [1.29, 1.82) is 0 Å². The predicted octanol–water partition coefficient (Wildman–Crippen LogP) is 6.20. The van der Waals surface area contributed by atoms with Crippen LogP contribution in [0, 0.1) is 13.8 Å². The van der Waals surface area contributed by atoms with E-state index in [1.54, 1.807) is 26.5 Å². The fourth-order valence-corrected chi connectivity index (χ4v) is 5.24. The van der Waals surface area contributed by atoms with Gasteiger partial charge in [-0.2, -0.15) is 4.98 Å². The summed E-state index contributed by atoms with van der Waals surface area (Å²) in [5, 5.41) is 3.28. The molecule has 0 aliphatic carbocycles. The fraction of sp³-hybridized carbons (Fsp3) is 0.324. The Morgan fingerprint density at radius 1 is 1.00 bits per heavy atom. The van der Waals surface area contributed by atoms with Gasteiger partial charge in [-0.05, 0) is 87.5 Å². The minimum atomic E-state index is -0.581. The molecule has 1 saturated heterocycles. The van der Waals surface area contributed by atoms with Crippen molar-refractivity contribution in [2.24, 2.45) is 0 Å². The van der Waals surface area contributed by atoms with E-state index in [4.69, 9.17) is 19.2 Å². The number of carbonyl (C=O) groups excluding carboxylic acids is 1. The van der Waals surface area contributed by atoms with Crippen LogP contribution >= 0.6 is 0 Å². The van der Waals surface area contributed by atoms with Crippen LogP contribution in [0.25, 0.3) is 0 Å². The van der Waals surface area contributed by atoms with E-state index in [2.05, 4.69) is 46.2 Å². The summed E-state index contributed by atoms with van der Waals surface area (Å²) in [6.07, 6.45) is 1.04. The second-order valence-electron chi connectivity index (χ2n) is 11.0. The molecule has 1 aliphatic heterocycles. The number of aromatic nitrogens is 2. The molecule has 2 heterocycles. The molecule has 44 heavy (non-hydrogen) atoms. The Morgan fingerprint density at radius 2 is 1.75 bits per heavy atom. The maximum atomic E-state index is 13.8. The number of anilines is 4. The zero-order valence-corrected chi connectivity index (χ0v) is 26.2. The van der Waals surface area contributed by atoms with E-state index >= 15 is 0 Å². The highest BCUT2D eigenvalue weighted by Gasteiger charge is 2.24. The highest BCUT2D eigenvalue weighted by molar-refractivity contribution is 5.88. The Labute approximate surface area is 259 Å². The van der Waals surface area contributed by atoms with Gasteiger partial charge in [-0.25, -0.2) is 9.78 Å². The Hall–Kier alpha value is -4.83. The highest BCUT2D eigenvalue weighted by atomic mass is 16.6. The molecule has 1 aliphatic rings. The van der Waals surface area contributed by atoms with Crippen LogP contribution in [0.2, 0.25) is 0 Å². The molecule has 0 bridgehead atoms. The van der Waals surface area contributed by atoms with Crippen molar-refractivity contribution in [2.75, 3.05) is 56.0 Å². The molecule has 5 rings (SSSR count). The van der Waals surface area contributed by atoms with E-state index in [9.17, 15) is 4.79 Å². The average molecular weight is 597 g/mol. The normalized spacial score (nSPS) is 15.0. The summed E-state index contributed by atoms with van der Waals surface area (Å²) in [5.41, 5.74) is 4.46. The summed E-state index contributed by atoms with van der Waals surface area (Å²) in [5.74, 6) is 2.49. The minimum Gasteiger partial charge on any atom is -0.497 e. The number of rotatable bonds is 9. The smallest absolute Gasteiger partial charge is 0.421 e. The highest BCUT2D eigenvalue weighted by Crippen LogP contribution is 2.30. The van der Waals surface area contributed by atoms with Gasteiger partial charge in [-0.15, -0.1) is 0 Å². The number of likely N-dealkylation sites (N-methyl/N-ethyl adjacent to an activating group) is 1. The molecule has 4 aromatic rings. The van der Waals surface area contributed by atoms with Crippen molar-refractivity contribution < 1.29 is 19.0 Å². The molecular weight excluding hydrogens is 556 g/mol. The first-order chi connectivity index (χ1) is 21.2. The molecule has 230 valence electrons. The lowest BCUT2D eigenvalue weighted by Crippen LogP contribution is -2.50. The van der Waals surface area contributed by atoms with E-state index in [0.29, 0.717) is 35.1 Å². The van der Waals surface area contributed by atoms with Crippen LogP contribution in [0.4, 0.5) is 27.9 Å². The van der Waals surface area contributed by atoms with Gasteiger partial charge >= 0.3 is 6.09 Å². The van der Waals surface area contributed by atoms with Gasteiger partial charge in [0.1, 0.15) is 23.1 Å². The number of benzene rings is 3. The van der Waals surface area contributed by atoms with Crippen LogP contribution in [-0.4, -0.2) is 67.9 Å². The van der Waals surface area contributed by atoms with Gasteiger partial charge in [-0.3, -0.25) is 4.90 Å². The van der Waals surface area contributed by atoms with Gasteiger partial charge in [0.2, 0.25) is 5.95 Å². The second-order valence-corrected chi connectivity index (χ2v) is 11.0. The van der Waals surface area contributed by atoms with E-state index in [0.717, 1.165) is 42.0 Å². The first-order valence-electron chi connectivity index (χ1n) is 14.7. The third kappa shape index (κ3) is 7.03. The number of piperazine rings is 1. The van der Waals surface area contributed by atoms with Crippen molar-refractivity contribution in [3.05, 3.63) is 89.6 Å². The maximum absolute atomic E-state index is 13.8. The van der Waals surface area contributed by atoms with Gasteiger partial charge < -0.3 is 29.3 Å². The molecule has 0 spiro atoms. The van der Waals surface area contributed by atoms with Crippen molar-refractivity contribution in [1.82, 2.24) is 14.9 Å². The molecule has 1 N–H and O–H groups in total. The molecule has 1 aromatic heterocycles. The second kappa shape index (κ2) is 13.6. The summed E-state index contributed by atoms with van der Waals surface area (Å²) in [7, 11) is 5.35. The first-order valence-corrected chi connectivity index (χ1v) is 14.7. The van der Waals surface area contributed by atoms with E-state index in [1.165, 1.54) is 10.6 Å². The SMILES string of the molecule is COc1ccc(OC)c(CN(C(=O)Oc2c(C)cccc2C)c2ccnc(Nc3ccc(N4CCN(C)C(C)C4)cc3)n2)c1. The minimum absolute atomic E-state index is 0.124. The standard InChI is InChI=1S/C34H40N6O4/c1-23-8-7-9-24(2)32(23)44-34(41)40(22-26-20-29(42-5)14-15-30(26)43-6)31-16-17-35-33(37-31)36-27-10-12-28(13-11-27)39-19-18-38(4)25(3)21-39/h7-17,20,25H,18-19,21-22H2,1-6H3,(H,35,36,37). The van der Waals surface area contributed by atoms with Crippen LogP contribution in [0.15, 0.2) is 72.9 Å². The topological polar surface area (TPSA) is 92.3 Å². The monoisotopic (exact) mass is 596 g/mol. The summed E-state index contributed by atoms with van der Waals surface area (Å²) < 4.78 is 17.0. The number of methoxy groups -OCH3 is 2. The van der Waals surface area contributed by atoms with Crippen LogP contribution in [0.1, 0.15) is 23.6 Å². The van der Waals surface area contributed by atoms with Crippen LogP contribution < -0.4 is 29.3 Å². The number of nitrogens with one attached hydrogen (secondary N) is 1. The number of carbonyl (C=O) groups is 1. The predicted molar refractivity (Wildman–Crippen MR) is 174 cm³/mol. The van der Waals surface area contributed by atoms with Crippen molar-refractivity contribution in [2.45, 2.75) is 33.4 Å². The zero-order chi connectivity index (χ0) is 31.2. The Balaban J connectivity index is 1.41. The lowest BCUT2D eigenvalue weighted by Gasteiger charge is -2.39. The third-order valence-electron chi connectivity index (χ3n) is 8.00. The molecule has 1 unspecified atom stereocenters. The summed E-state index contributed by atoms with van der Waals surface area (Å²) in [6.45, 7) is 9.20. The summed E-state index contributed by atoms with van der Waals surface area (Å²) in [6, 6.07) is 21.6. The Morgan fingerprint density at radius 3 is 2.43 bits per heavy atom. The van der Waals surface area contributed by atoms with Gasteiger partial charge in [0.15, 0.2) is 0 Å². The van der Waals surface area contributed by atoms with Crippen LogP contribution in [-0.2, 0) is 6.54 Å². The lowest BCUT2D eigenvalue weighted by molar-refractivity contribution is 0.206. The van der Waals surface area contributed by atoms with Gasteiger partial charge in [0.25, 0.3) is 0 Å². The Bertz CT molecular complexity index is 1580. The molecule has 1 amide bonds. The van der Waals surface area contributed by atoms with Crippen molar-refractivity contribution in [3.8, 4) is 17.2 Å². The van der Waals surface area contributed by atoms with Crippen LogP contribution in [0.3, 0.4) is 0 Å². The maximum Gasteiger partial charge on any atom is 0.421 e. The number of nitrogens with zero attached hydrogens (tertiary/aromatic N) is 5. The molecule has 1 fully saturated rings. The largest absolute Gasteiger partial charge is 0.497 e. The van der Waals surface area contributed by atoms with Gasteiger partial charge in [0, 0.05) is 48.8 Å². The van der Waals surface area contributed by atoms with E-state index in [-0.39, 0.29) is 6.54 Å². The number of hydrogen-bond donors (Lipinski definition) is 1. The lowest BCUT2D eigenvalue weighted by atomic mass is 10.1. The zero-order valence-electron chi connectivity index (χ0n) is 26.2. The quantitative estimate of drug-likeness (QED) is 0.242. The van der Waals surface area contributed by atoms with E-state index < -0.39 is 6.09 Å². The number of hydrogen-bond acceptors (Lipinski definition) is 9. The molecule has 0 radical (unpaired) electrons. The average Bonchev–Trinajstić information content (AvgIpc) is 3.03. The molecule has 3 aromatic carbocycles. The third-order valence-corrected chi connectivity index (χ3v) is 8.00. The van der Waals surface area contributed by atoms with Crippen LogP contribution in [0.5, 0.6) is 17.2 Å². The van der Waals surface area contributed by atoms with Crippen molar-refractivity contribution >= 4 is 29.2 Å². The number of para-hydroxylation sites is 1.